The van der Waals surface area contributed by atoms with Crippen LogP contribution in [0.1, 0.15) is 19.0 Å². The topological polar surface area (TPSA) is 104 Å². The monoisotopic (exact) mass is 299 g/mol. The summed E-state index contributed by atoms with van der Waals surface area (Å²) in [5.74, 6) is 0.0494. The van der Waals surface area contributed by atoms with Crippen LogP contribution in [-0.4, -0.2) is 42.2 Å². The van der Waals surface area contributed by atoms with Crippen LogP contribution in [-0.2, 0) is 26.6 Å². The molecule has 2 aliphatic heterocycles. The third kappa shape index (κ3) is 2.07. The lowest BCUT2D eigenvalue weighted by Crippen LogP contribution is -2.38. The Bertz CT molecular complexity index is 666. The average molecular weight is 299 g/mol. The second-order valence-corrected chi connectivity index (χ2v) is 8.00. The van der Waals surface area contributed by atoms with E-state index < -0.39 is 21.3 Å². The van der Waals surface area contributed by atoms with Gasteiger partial charge in [0, 0.05) is 6.42 Å². The van der Waals surface area contributed by atoms with Gasteiger partial charge in [-0.15, -0.1) is 0 Å². The van der Waals surface area contributed by atoms with Crippen LogP contribution in [0, 0.1) is 5.92 Å². The minimum Gasteiger partial charge on any atom is -0.489 e. The highest BCUT2D eigenvalue weighted by Crippen LogP contribution is 2.36. The lowest BCUT2D eigenvalue weighted by atomic mass is 9.97. The number of nitrogens with zero attached hydrogens (tertiary/aromatic N) is 2. The molecule has 0 aliphatic carbocycles. The SMILES string of the molecule is CC1(n2ncc3c2CC(C(N)=O)CO3)CCS(=O)(=O)C1. The predicted octanol–water partition coefficient (Wildman–Crippen LogP) is -0.547. The minimum atomic E-state index is -3.03. The molecule has 0 bridgehead atoms. The first-order valence-electron chi connectivity index (χ1n) is 6.51. The van der Waals surface area contributed by atoms with E-state index in [1.807, 2.05) is 6.92 Å². The van der Waals surface area contributed by atoms with Crippen molar-refractivity contribution in [1.82, 2.24) is 9.78 Å². The first-order valence-corrected chi connectivity index (χ1v) is 8.33. The molecule has 1 fully saturated rings. The number of amides is 1. The van der Waals surface area contributed by atoms with Gasteiger partial charge in [-0.2, -0.15) is 5.10 Å². The zero-order chi connectivity index (χ0) is 14.5. The lowest BCUT2D eigenvalue weighted by molar-refractivity contribution is -0.123. The first-order chi connectivity index (χ1) is 9.31. The van der Waals surface area contributed by atoms with Crippen molar-refractivity contribution in [3.8, 4) is 5.75 Å². The van der Waals surface area contributed by atoms with Gasteiger partial charge in [0.05, 0.1) is 34.9 Å². The molecule has 1 aromatic heterocycles. The summed E-state index contributed by atoms with van der Waals surface area (Å²) in [6.45, 7) is 2.13. The largest absolute Gasteiger partial charge is 0.489 e. The van der Waals surface area contributed by atoms with Gasteiger partial charge in [0.2, 0.25) is 5.91 Å². The molecule has 0 radical (unpaired) electrons. The number of fused-ring (bicyclic) bond motifs is 1. The van der Waals surface area contributed by atoms with Crippen molar-refractivity contribution >= 4 is 15.7 Å². The van der Waals surface area contributed by atoms with Crippen molar-refractivity contribution in [3.05, 3.63) is 11.9 Å². The lowest BCUT2D eigenvalue weighted by Gasteiger charge is -2.28. The second kappa shape index (κ2) is 4.21. The summed E-state index contributed by atoms with van der Waals surface area (Å²) >= 11 is 0. The molecule has 1 saturated heterocycles. The van der Waals surface area contributed by atoms with Crippen LogP contribution in [0.4, 0.5) is 0 Å². The summed E-state index contributed by atoms with van der Waals surface area (Å²) in [7, 11) is -3.03. The molecule has 1 amide bonds. The number of sulfone groups is 1. The van der Waals surface area contributed by atoms with E-state index >= 15 is 0 Å². The first kappa shape index (κ1) is 13.4. The van der Waals surface area contributed by atoms with Gasteiger partial charge in [0.1, 0.15) is 6.61 Å². The number of primary amides is 1. The standard InChI is InChI=1S/C12H17N3O4S/c1-12(2-3-20(17,18)7-12)15-9-4-8(11(13)16)6-19-10(9)5-14-15/h5,8H,2-4,6-7H2,1H3,(H2,13,16). The Hall–Kier alpha value is -1.57. The zero-order valence-corrected chi connectivity index (χ0v) is 12.0. The van der Waals surface area contributed by atoms with Crippen molar-refractivity contribution in [2.45, 2.75) is 25.3 Å². The Morgan fingerprint density at radius 3 is 2.95 bits per heavy atom. The van der Waals surface area contributed by atoms with Crippen LogP contribution >= 0.6 is 0 Å². The van der Waals surface area contributed by atoms with Gasteiger partial charge in [-0.25, -0.2) is 8.42 Å². The number of carbonyl (C=O) groups is 1. The van der Waals surface area contributed by atoms with Crippen LogP contribution in [0.3, 0.4) is 0 Å². The van der Waals surface area contributed by atoms with E-state index in [0.717, 1.165) is 5.69 Å². The normalized spacial score (nSPS) is 31.6. The van der Waals surface area contributed by atoms with E-state index in [9.17, 15) is 13.2 Å². The van der Waals surface area contributed by atoms with Crippen molar-refractivity contribution in [2.75, 3.05) is 18.1 Å². The number of rotatable bonds is 2. The van der Waals surface area contributed by atoms with Gasteiger partial charge in [0.25, 0.3) is 0 Å². The van der Waals surface area contributed by atoms with Crippen molar-refractivity contribution in [3.63, 3.8) is 0 Å². The third-order valence-electron chi connectivity index (χ3n) is 4.11. The number of hydrogen-bond acceptors (Lipinski definition) is 5. The molecule has 2 unspecified atom stereocenters. The maximum atomic E-state index is 11.7. The molecule has 1 aromatic rings. The highest BCUT2D eigenvalue weighted by atomic mass is 32.2. The fourth-order valence-corrected chi connectivity index (χ4v) is 5.07. The Morgan fingerprint density at radius 1 is 1.60 bits per heavy atom. The molecule has 0 saturated carbocycles. The maximum Gasteiger partial charge on any atom is 0.224 e. The summed E-state index contributed by atoms with van der Waals surface area (Å²) in [5, 5.41) is 4.29. The fourth-order valence-electron chi connectivity index (χ4n) is 2.96. The molecule has 2 N–H and O–H groups in total. The highest BCUT2D eigenvalue weighted by molar-refractivity contribution is 7.91. The number of nitrogens with two attached hydrogens (primary N) is 1. The number of carbonyl (C=O) groups excluding carboxylic acids is 1. The Morgan fingerprint density at radius 2 is 2.35 bits per heavy atom. The molecular formula is C12H17N3O4S. The van der Waals surface area contributed by atoms with E-state index in [0.29, 0.717) is 18.6 Å². The molecular weight excluding hydrogens is 282 g/mol. The predicted molar refractivity (Wildman–Crippen MR) is 71.0 cm³/mol. The van der Waals surface area contributed by atoms with E-state index in [1.54, 1.807) is 10.9 Å². The van der Waals surface area contributed by atoms with Gasteiger partial charge < -0.3 is 10.5 Å². The Kier molecular flexibility index (Phi) is 2.82. The minimum absolute atomic E-state index is 0.0648. The van der Waals surface area contributed by atoms with Crippen LogP contribution in [0.15, 0.2) is 6.20 Å². The second-order valence-electron chi connectivity index (χ2n) is 5.82. The summed E-state index contributed by atoms with van der Waals surface area (Å²) in [6.07, 6.45) is 2.55. The fraction of sp³-hybridized carbons (Fsp3) is 0.667. The van der Waals surface area contributed by atoms with E-state index in [-0.39, 0.29) is 24.0 Å². The van der Waals surface area contributed by atoms with Gasteiger partial charge >= 0.3 is 0 Å². The Balaban J connectivity index is 1.97. The van der Waals surface area contributed by atoms with Crippen molar-refractivity contribution in [2.24, 2.45) is 11.7 Å². The van der Waals surface area contributed by atoms with Crippen molar-refractivity contribution in [1.29, 1.82) is 0 Å². The van der Waals surface area contributed by atoms with Crippen LogP contribution in [0.5, 0.6) is 5.75 Å². The van der Waals surface area contributed by atoms with E-state index in [2.05, 4.69) is 5.10 Å². The zero-order valence-electron chi connectivity index (χ0n) is 11.2. The van der Waals surface area contributed by atoms with Crippen LogP contribution in [0.2, 0.25) is 0 Å². The molecule has 3 rings (SSSR count). The summed E-state index contributed by atoms with van der Waals surface area (Å²) in [5.41, 5.74) is 5.52. The molecule has 3 heterocycles. The summed E-state index contributed by atoms with van der Waals surface area (Å²) in [6, 6.07) is 0. The van der Waals surface area contributed by atoms with Crippen LogP contribution < -0.4 is 10.5 Å². The number of hydrogen-bond donors (Lipinski definition) is 1. The molecule has 0 spiro atoms. The summed E-state index contributed by atoms with van der Waals surface area (Å²) < 4.78 is 30.7. The van der Waals surface area contributed by atoms with Gasteiger partial charge in [0.15, 0.2) is 15.6 Å². The molecule has 2 atom stereocenters. The average Bonchev–Trinajstić information content (AvgIpc) is 2.90. The maximum absolute atomic E-state index is 11.7. The van der Waals surface area contributed by atoms with E-state index in [4.69, 9.17) is 10.5 Å². The quantitative estimate of drug-likeness (QED) is 0.789. The molecule has 8 heteroatoms. The third-order valence-corrected chi connectivity index (χ3v) is 5.99. The van der Waals surface area contributed by atoms with Crippen molar-refractivity contribution < 1.29 is 17.9 Å². The number of aromatic nitrogens is 2. The molecule has 20 heavy (non-hydrogen) atoms. The number of ether oxygens (including phenoxy) is 1. The van der Waals surface area contributed by atoms with Gasteiger partial charge in [-0.1, -0.05) is 0 Å². The van der Waals surface area contributed by atoms with Gasteiger partial charge in [-0.05, 0) is 13.3 Å². The van der Waals surface area contributed by atoms with E-state index in [1.165, 1.54) is 0 Å². The molecule has 110 valence electrons. The molecule has 2 aliphatic rings. The summed E-state index contributed by atoms with van der Waals surface area (Å²) in [4.78, 5) is 11.3. The Labute approximate surface area is 117 Å². The molecule has 7 nitrogen and oxygen atoms in total. The molecule has 0 aromatic carbocycles. The van der Waals surface area contributed by atoms with Gasteiger partial charge in [-0.3, -0.25) is 9.48 Å². The smallest absolute Gasteiger partial charge is 0.224 e. The highest BCUT2D eigenvalue weighted by Gasteiger charge is 2.43. The van der Waals surface area contributed by atoms with Crippen LogP contribution in [0.25, 0.3) is 0 Å².